The summed E-state index contributed by atoms with van der Waals surface area (Å²) in [7, 11) is 0. The number of carbonyl (C=O) groups excluding carboxylic acids is 1. The highest BCUT2D eigenvalue weighted by molar-refractivity contribution is 6.03. The summed E-state index contributed by atoms with van der Waals surface area (Å²) in [6, 6.07) is 5.47. The SMILES string of the molecule is CCOC(=O)c1cc(NCCCO)nc2c1cnn2Cc1ccncc1. The van der Waals surface area contributed by atoms with Gasteiger partial charge >= 0.3 is 5.97 Å². The summed E-state index contributed by atoms with van der Waals surface area (Å²) < 4.78 is 6.91. The third-order valence-electron chi connectivity index (χ3n) is 3.83. The maximum Gasteiger partial charge on any atom is 0.339 e. The number of pyridine rings is 2. The average molecular weight is 355 g/mol. The van der Waals surface area contributed by atoms with Crippen LogP contribution in [0.15, 0.2) is 36.8 Å². The number of nitrogens with zero attached hydrogens (tertiary/aromatic N) is 4. The van der Waals surface area contributed by atoms with Gasteiger partial charge in [0.05, 0.1) is 30.3 Å². The van der Waals surface area contributed by atoms with Crippen molar-refractivity contribution in [3.63, 3.8) is 0 Å². The number of aliphatic hydroxyl groups is 1. The second kappa shape index (κ2) is 8.39. The minimum Gasteiger partial charge on any atom is -0.462 e. The van der Waals surface area contributed by atoms with Crippen LogP contribution in [0.4, 0.5) is 5.82 Å². The normalized spacial score (nSPS) is 10.8. The third-order valence-corrected chi connectivity index (χ3v) is 3.83. The standard InChI is InChI=1S/C18H21N5O3/c1-2-26-18(25)14-10-16(20-6-3-9-24)22-17-15(14)11-21-23(17)12-13-4-7-19-8-5-13/h4-5,7-8,10-11,24H,2-3,6,9,12H2,1H3,(H,20,22). The van der Waals surface area contributed by atoms with Crippen LogP contribution in [-0.2, 0) is 11.3 Å². The van der Waals surface area contributed by atoms with Gasteiger partial charge in [0.2, 0.25) is 0 Å². The largest absolute Gasteiger partial charge is 0.462 e. The predicted molar refractivity (Wildman–Crippen MR) is 97.0 cm³/mol. The molecule has 3 aromatic rings. The van der Waals surface area contributed by atoms with Crippen LogP contribution in [0.1, 0.15) is 29.3 Å². The molecule has 8 nitrogen and oxygen atoms in total. The first-order valence-corrected chi connectivity index (χ1v) is 8.50. The Morgan fingerprint density at radius 2 is 2.15 bits per heavy atom. The minimum absolute atomic E-state index is 0.0833. The molecule has 0 atom stereocenters. The molecule has 0 aliphatic rings. The van der Waals surface area contributed by atoms with Gasteiger partial charge in [0.15, 0.2) is 5.65 Å². The smallest absolute Gasteiger partial charge is 0.339 e. The van der Waals surface area contributed by atoms with E-state index in [1.54, 1.807) is 36.3 Å². The second-order valence-electron chi connectivity index (χ2n) is 5.67. The Bertz CT molecular complexity index is 879. The molecule has 0 saturated heterocycles. The predicted octanol–water partition coefficient (Wildman–Crippen LogP) is 1.85. The zero-order chi connectivity index (χ0) is 18.4. The molecule has 0 aliphatic heterocycles. The lowest BCUT2D eigenvalue weighted by molar-refractivity contribution is 0.0528. The number of aromatic nitrogens is 4. The van der Waals surface area contributed by atoms with Gasteiger partial charge in [-0.15, -0.1) is 0 Å². The Hall–Kier alpha value is -3.00. The van der Waals surface area contributed by atoms with Gasteiger partial charge in [0, 0.05) is 25.5 Å². The lowest BCUT2D eigenvalue weighted by Gasteiger charge is -2.10. The molecule has 136 valence electrons. The first-order valence-electron chi connectivity index (χ1n) is 8.50. The molecular weight excluding hydrogens is 334 g/mol. The van der Waals surface area contributed by atoms with Crippen molar-refractivity contribution < 1.29 is 14.6 Å². The molecule has 3 rings (SSSR count). The van der Waals surface area contributed by atoms with Gasteiger partial charge in [0.1, 0.15) is 5.82 Å². The summed E-state index contributed by atoms with van der Waals surface area (Å²) in [5, 5.41) is 17.1. The summed E-state index contributed by atoms with van der Waals surface area (Å²) in [6.45, 7) is 3.21. The van der Waals surface area contributed by atoms with E-state index in [-0.39, 0.29) is 6.61 Å². The highest BCUT2D eigenvalue weighted by atomic mass is 16.5. The van der Waals surface area contributed by atoms with E-state index in [9.17, 15) is 4.79 Å². The molecule has 3 heterocycles. The Kier molecular flexibility index (Phi) is 5.75. The number of fused-ring (bicyclic) bond motifs is 1. The Morgan fingerprint density at radius 3 is 2.88 bits per heavy atom. The van der Waals surface area contributed by atoms with E-state index in [0.29, 0.717) is 48.5 Å². The number of rotatable bonds is 8. The van der Waals surface area contributed by atoms with E-state index in [4.69, 9.17) is 9.84 Å². The maximum absolute atomic E-state index is 12.3. The minimum atomic E-state index is -0.409. The monoisotopic (exact) mass is 355 g/mol. The van der Waals surface area contributed by atoms with Gasteiger partial charge in [-0.05, 0) is 37.1 Å². The summed E-state index contributed by atoms with van der Waals surface area (Å²) in [5.41, 5.74) is 2.05. The number of ether oxygens (including phenoxy) is 1. The van der Waals surface area contributed by atoms with Crippen molar-refractivity contribution in [2.24, 2.45) is 0 Å². The van der Waals surface area contributed by atoms with Gasteiger partial charge in [-0.25, -0.2) is 14.5 Å². The van der Waals surface area contributed by atoms with Crippen molar-refractivity contribution >= 4 is 22.8 Å². The van der Waals surface area contributed by atoms with Crippen LogP contribution >= 0.6 is 0 Å². The summed E-state index contributed by atoms with van der Waals surface area (Å²) in [5.74, 6) is 0.138. The van der Waals surface area contributed by atoms with Crippen LogP contribution in [0.5, 0.6) is 0 Å². The maximum atomic E-state index is 12.3. The fourth-order valence-corrected chi connectivity index (χ4v) is 2.59. The molecule has 0 aliphatic carbocycles. The summed E-state index contributed by atoms with van der Waals surface area (Å²) in [4.78, 5) is 20.9. The first-order chi connectivity index (χ1) is 12.7. The second-order valence-corrected chi connectivity index (χ2v) is 5.67. The van der Waals surface area contributed by atoms with Crippen molar-refractivity contribution in [2.75, 3.05) is 25.1 Å². The Morgan fingerprint density at radius 1 is 1.35 bits per heavy atom. The van der Waals surface area contributed by atoms with Crippen LogP contribution in [0, 0.1) is 0 Å². The lowest BCUT2D eigenvalue weighted by Crippen LogP contribution is -2.11. The van der Waals surface area contributed by atoms with E-state index in [1.165, 1.54) is 0 Å². The van der Waals surface area contributed by atoms with Crippen LogP contribution in [0.2, 0.25) is 0 Å². The molecule has 0 amide bonds. The molecule has 0 fully saturated rings. The number of nitrogens with one attached hydrogen (secondary N) is 1. The topological polar surface area (TPSA) is 102 Å². The van der Waals surface area contributed by atoms with Crippen LogP contribution in [-0.4, -0.2) is 50.6 Å². The molecule has 0 radical (unpaired) electrons. The number of esters is 1. The molecule has 0 unspecified atom stereocenters. The third kappa shape index (κ3) is 3.97. The van der Waals surface area contributed by atoms with Gasteiger partial charge in [0.25, 0.3) is 0 Å². The number of aliphatic hydroxyl groups excluding tert-OH is 1. The molecule has 0 bridgehead atoms. The quantitative estimate of drug-likeness (QED) is 0.469. The fraction of sp³-hybridized carbons (Fsp3) is 0.333. The molecular formula is C18H21N5O3. The van der Waals surface area contributed by atoms with Crippen LogP contribution < -0.4 is 5.32 Å². The highest BCUT2D eigenvalue weighted by Gasteiger charge is 2.17. The van der Waals surface area contributed by atoms with Crippen molar-refractivity contribution in [1.82, 2.24) is 19.7 Å². The van der Waals surface area contributed by atoms with E-state index in [0.717, 1.165) is 5.56 Å². The zero-order valence-corrected chi connectivity index (χ0v) is 14.6. The van der Waals surface area contributed by atoms with Gasteiger partial charge < -0.3 is 15.2 Å². The van der Waals surface area contributed by atoms with Crippen molar-refractivity contribution in [1.29, 1.82) is 0 Å². The van der Waals surface area contributed by atoms with E-state index in [2.05, 4.69) is 20.4 Å². The highest BCUT2D eigenvalue weighted by Crippen LogP contribution is 2.22. The van der Waals surface area contributed by atoms with Crippen molar-refractivity contribution in [3.05, 3.63) is 47.9 Å². The van der Waals surface area contributed by atoms with Crippen molar-refractivity contribution in [2.45, 2.75) is 19.9 Å². The Labute approximate surface area is 150 Å². The number of hydrogen-bond donors (Lipinski definition) is 2. The average Bonchev–Trinajstić information content (AvgIpc) is 3.05. The molecule has 0 saturated carbocycles. The lowest BCUT2D eigenvalue weighted by atomic mass is 10.2. The molecule has 3 aromatic heterocycles. The molecule has 8 heteroatoms. The molecule has 26 heavy (non-hydrogen) atoms. The van der Waals surface area contributed by atoms with E-state index in [1.807, 2.05) is 12.1 Å². The number of hydrogen-bond acceptors (Lipinski definition) is 7. The number of anilines is 1. The summed E-state index contributed by atoms with van der Waals surface area (Å²) in [6.07, 6.45) is 5.67. The molecule has 0 spiro atoms. The zero-order valence-electron chi connectivity index (χ0n) is 14.6. The molecule has 2 N–H and O–H groups in total. The number of carbonyl (C=O) groups is 1. The van der Waals surface area contributed by atoms with Gasteiger partial charge in [-0.3, -0.25) is 4.98 Å². The van der Waals surface area contributed by atoms with Crippen LogP contribution in [0.25, 0.3) is 11.0 Å². The van der Waals surface area contributed by atoms with E-state index < -0.39 is 5.97 Å². The van der Waals surface area contributed by atoms with Crippen LogP contribution in [0.3, 0.4) is 0 Å². The van der Waals surface area contributed by atoms with Crippen molar-refractivity contribution in [3.8, 4) is 0 Å². The first kappa shape index (κ1) is 17.8. The Balaban J connectivity index is 2.00. The fourth-order valence-electron chi connectivity index (χ4n) is 2.59. The summed E-state index contributed by atoms with van der Waals surface area (Å²) >= 11 is 0. The molecule has 0 aromatic carbocycles. The van der Waals surface area contributed by atoms with Gasteiger partial charge in [-0.1, -0.05) is 0 Å². The van der Waals surface area contributed by atoms with E-state index >= 15 is 0 Å². The van der Waals surface area contributed by atoms with Gasteiger partial charge in [-0.2, -0.15) is 5.10 Å².